The molecule has 3 fully saturated rings. The lowest BCUT2D eigenvalue weighted by atomic mass is 9.97. The Balaban J connectivity index is 0.000000188. The van der Waals surface area contributed by atoms with Gasteiger partial charge in [0.15, 0.2) is 0 Å². The van der Waals surface area contributed by atoms with Crippen LogP contribution in [0.1, 0.15) is 59.3 Å². The fraction of sp³-hybridized carbons (Fsp3) is 1.00. The normalized spacial score (nSPS) is 25.6. The molecule has 0 saturated carbocycles. The number of likely N-dealkylation sites (tertiary alicyclic amines) is 1. The molecule has 0 spiro atoms. The zero-order chi connectivity index (χ0) is 15.7. The van der Waals surface area contributed by atoms with E-state index in [2.05, 4.69) is 29.1 Å². The molecule has 126 valence electrons. The molecule has 0 aliphatic carbocycles. The minimum Gasteiger partial charge on any atom is -0.319 e. The fourth-order valence-electron chi connectivity index (χ4n) is 3.95. The van der Waals surface area contributed by atoms with Crippen molar-refractivity contribution >= 4 is 0 Å². The van der Waals surface area contributed by atoms with Crippen molar-refractivity contribution in [2.45, 2.75) is 64.8 Å². The molecule has 3 nitrogen and oxygen atoms in total. The van der Waals surface area contributed by atoms with Gasteiger partial charge in [0.05, 0.1) is 0 Å². The van der Waals surface area contributed by atoms with E-state index in [1.54, 1.807) is 0 Å². The van der Waals surface area contributed by atoms with Gasteiger partial charge in [-0.1, -0.05) is 13.8 Å². The van der Waals surface area contributed by atoms with Crippen molar-refractivity contribution in [3.05, 3.63) is 0 Å². The van der Waals surface area contributed by atoms with Gasteiger partial charge < -0.3 is 10.2 Å². The summed E-state index contributed by atoms with van der Waals surface area (Å²) in [5, 5.41) is 3.23. The predicted octanol–water partition coefficient (Wildman–Crippen LogP) is 3.21. The molecule has 0 atom stereocenters. The first-order valence-electron chi connectivity index (χ1n) is 9.22. The Morgan fingerprint density at radius 3 is 1.95 bits per heavy atom. The van der Waals surface area contributed by atoms with Crippen molar-refractivity contribution in [3.63, 3.8) is 0 Å². The summed E-state index contributed by atoms with van der Waals surface area (Å²) < 4.78 is 0. The summed E-state index contributed by atoms with van der Waals surface area (Å²) in [4.78, 5) is 5.07. The Bertz CT molecular complexity index is 249. The topological polar surface area (TPSA) is 18.5 Å². The van der Waals surface area contributed by atoms with E-state index in [-0.39, 0.29) is 0 Å². The maximum atomic E-state index is 3.23. The second-order valence-corrected chi connectivity index (χ2v) is 7.00. The minimum absolute atomic E-state index is 0.639. The van der Waals surface area contributed by atoms with E-state index in [1.807, 2.05) is 20.9 Å². The van der Waals surface area contributed by atoms with Crippen molar-refractivity contribution in [2.75, 3.05) is 46.8 Å². The standard InChI is InChI=1S/C8H18N2.C8H15N.C2H6/c1-9-7-8-3-5-10(2)6-4-8;1-8-4-2-6-9(8)7-3-5-8;1-2/h8-9H,3-7H2,1-2H3;2-7H2,1H3;1-2H3. The average Bonchev–Trinajstić information content (AvgIpc) is 3.02. The van der Waals surface area contributed by atoms with Crippen molar-refractivity contribution in [2.24, 2.45) is 5.92 Å². The molecule has 0 aromatic carbocycles. The van der Waals surface area contributed by atoms with Crippen LogP contribution in [0, 0.1) is 5.92 Å². The van der Waals surface area contributed by atoms with Crippen LogP contribution in [0.15, 0.2) is 0 Å². The quantitative estimate of drug-likeness (QED) is 0.844. The molecule has 0 bridgehead atoms. The highest BCUT2D eigenvalue weighted by atomic mass is 15.2. The molecule has 3 rings (SSSR count). The van der Waals surface area contributed by atoms with Gasteiger partial charge in [0.2, 0.25) is 0 Å². The first-order valence-corrected chi connectivity index (χ1v) is 9.22. The smallest absolute Gasteiger partial charge is 0.0182 e. The molecule has 3 aliphatic rings. The first-order chi connectivity index (χ1) is 10.1. The highest BCUT2D eigenvalue weighted by molar-refractivity contribution is 4.96. The summed E-state index contributed by atoms with van der Waals surface area (Å²) in [6.45, 7) is 12.9. The van der Waals surface area contributed by atoms with Gasteiger partial charge in [0, 0.05) is 5.54 Å². The van der Waals surface area contributed by atoms with Gasteiger partial charge in [0.1, 0.15) is 0 Å². The van der Waals surface area contributed by atoms with Crippen LogP contribution in [0.5, 0.6) is 0 Å². The number of nitrogens with zero attached hydrogens (tertiary/aromatic N) is 2. The summed E-state index contributed by atoms with van der Waals surface area (Å²) in [5.41, 5.74) is 0.639. The SMILES string of the molecule is CC.CC12CCCN1CCC2.CNCC1CCN(C)CC1. The van der Waals surface area contributed by atoms with Gasteiger partial charge in [-0.2, -0.15) is 0 Å². The molecular formula is C18H39N3. The monoisotopic (exact) mass is 297 g/mol. The molecule has 0 aromatic rings. The van der Waals surface area contributed by atoms with Gasteiger partial charge in [-0.15, -0.1) is 0 Å². The van der Waals surface area contributed by atoms with Crippen LogP contribution in [0.25, 0.3) is 0 Å². The molecule has 0 unspecified atom stereocenters. The van der Waals surface area contributed by atoms with Crippen LogP contribution in [0.2, 0.25) is 0 Å². The van der Waals surface area contributed by atoms with Crippen LogP contribution in [0.3, 0.4) is 0 Å². The van der Waals surface area contributed by atoms with Crippen molar-refractivity contribution < 1.29 is 0 Å². The van der Waals surface area contributed by atoms with Crippen LogP contribution < -0.4 is 5.32 Å². The Morgan fingerprint density at radius 2 is 1.52 bits per heavy atom. The third-order valence-electron chi connectivity index (χ3n) is 5.38. The van der Waals surface area contributed by atoms with Gasteiger partial charge in [-0.25, -0.2) is 0 Å². The number of rotatable bonds is 2. The number of piperidine rings is 1. The molecule has 0 radical (unpaired) electrons. The predicted molar refractivity (Wildman–Crippen MR) is 93.9 cm³/mol. The van der Waals surface area contributed by atoms with E-state index in [0.29, 0.717) is 5.54 Å². The van der Waals surface area contributed by atoms with Crippen LogP contribution in [0.4, 0.5) is 0 Å². The van der Waals surface area contributed by atoms with Crippen LogP contribution in [-0.2, 0) is 0 Å². The summed E-state index contributed by atoms with van der Waals surface area (Å²) in [7, 11) is 4.24. The average molecular weight is 298 g/mol. The van der Waals surface area contributed by atoms with Crippen LogP contribution in [-0.4, -0.2) is 62.2 Å². The second-order valence-electron chi connectivity index (χ2n) is 7.00. The van der Waals surface area contributed by atoms with E-state index in [1.165, 1.54) is 71.2 Å². The molecule has 1 N–H and O–H groups in total. The zero-order valence-corrected chi connectivity index (χ0v) is 15.2. The summed E-state index contributed by atoms with van der Waals surface area (Å²) >= 11 is 0. The molecule has 0 amide bonds. The molecule has 21 heavy (non-hydrogen) atoms. The van der Waals surface area contributed by atoms with Crippen molar-refractivity contribution in [3.8, 4) is 0 Å². The Kier molecular flexibility index (Phi) is 8.84. The molecule has 3 aliphatic heterocycles. The summed E-state index contributed by atoms with van der Waals surface area (Å²) in [6.07, 6.45) is 8.53. The van der Waals surface area contributed by atoms with Gasteiger partial charge in [0.25, 0.3) is 0 Å². The molecular weight excluding hydrogens is 258 g/mol. The van der Waals surface area contributed by atoms with Gasteiger partial charge >= 0.3 is 0 Å². The second kappa shape index (κ2) is 9.81. The Hall–Kier alpha value is -0.120. The lowest BCUT2D eigenvalue weighted by molar-refractivity contribution is 0.218. The van der Waals surface area contributed by atoms with E-state index in [4.69, 9.17) is 0 Å². The van der Waals surface area contributed by atoms with Gasteiger partial charge in [-0.3, -0.25) is 4.90 Å². The van der Waals surface area contributed by atoms with E-state index in [9.17, 15) is 0 Å². The third kappa shape index (κ3) is 5.88. The molecule has 3 saturated heterocycles. The van der Waals surface area contributed by atoms with Gasteiger partial charge in [-0.05, 0) is 98.2 Å². The zero-order valence-electron chi connectivity index (χ0n) is 15.2. The molecule has 0 aromatic heterocycles. The highest BCUT2D eigenvalue weighted by Crippen LogP contribution is 2.37. The van der Waals surface area contributed by atoms with E-state index < -0.39 is 0 Å². The highest BCUT2D eigenvalue weighted by Gasteiger charge is 2.39. The number of hydrogen-bond acceptors (Lipinski definition) is 3. The molecule has 3 heterocycles. The van der Waals surface area contributed by atoms with E-state index in [0.717, 1.165) is 5.92 Å². The van der Waals surface area contributed by atoms with Crippen molar-refractivity contribution in [1.29, 1.82) is 0 Å². The minimum atomic E-state index is 0.639. The summed E-state index contributed by atoms with van der Waals surface area (Å²) in [5.74, 6) is 0.932. The third-order valence-corrected chi connectivity index (χ3v) is 5.38. The largest absolute Gasteiger partial charge is 0.319 e. The van der Waals surface area contributed by atoms with Crippen molar-refractivity contribution in [1.82, 2.24) is 15.1 Å². The lowest BCUT2D eigenvalue weighted by Crippen LogP contribution is -2.34. The first kappa shape index (κ1) is 18.9. The fourth-order valence-corrected chi connectivity index (χ4v) is 3.95. The van der Waals surface area contributed by atoms with E-state index >= 15 is 0 Å². The Morgan fingerprint density at radius 1 is 1.00 bits per heavy atom. The Labute approximate surface area is 133 Å². The number of fused-ring (bicyclic) bond motifs is 1. The lowest BCUT2D eigenvalue weighted by Gasteiger charge is -2.28. The van der Waals surface area contributed by atoms with Crippen LogP contribution >= 0.6 is 0 Å². The maximum Gasteiger partial charge on any atom is 0.0182 e. The molecule has 3 heteroatoms. The maximum absolute atomic E-state index is 3.23. The number of hydrogen-bond donors (Lipinski definition) is 1. The summed E-state index contributed by atoms with van der Waals surface area (Å²) in [6, 6.07) is 0. The number of nitrogens with one attached hydrogen (secondary N) is 1.